The molecule has 1 aromatic rings. The number of carbonyl (C=O) groups is 1. The van der Waals surface area contributed by atoms with Crippen molar-refractivity contribution >= 4 is 5.97 Å². The zero-order valence-corrected chi connectivity index (χ0v) is 13.4. The fourth-order valence-corrected chi connectivity index (χ4v) is 1.69. The molecule has 0 heterocycles. The summed E-state index contributed by atoms with van der Waals surface area (Å²) in [6.07, 6.45) is -0.145. The summed E-state index contributed by atoms with van der Waals surface area (Å²) in [5.74, 6) is 0.939. The van der Waals surface area contributed by atoms with Crippen molar-refractivity contribution in [1.29, 1.82) is 0 Å². The molecule has 5 nitrogen and oxygen atoms in total. The van der Waals surface area contributed by atoms with Crippen LogP contribution >= 0.6 is 0 Å². The summed E-state index contributed by atoms with van der Waals surface area (Å²) in [5, 5.41) is 3.32. The van der Waals surface area contributed by atoms with E-state index < -0.39 is 0 Å². The Labute approximate surface area is 126 Å². The molecule has 21 heavy (non-hydrogen) atoms. The standard InChI is InChI=1S/C16H25NO4/c1-11(2)17-9-13-6-7-14(19-5)8-15(13)20-10-16(18)21-12(3)4/h6-8,11-12,17H,9-10H2,1-5H3. The molecular formula is C16H25NO4. The van der Waals surface area contributed by atoms with Gasteiger partial charge in [0.15, 0.2) is 6.61 Å². The number of esters is 1. The first-order valence-electron chi connectivity index (χ1n) is 7.15. The molecule has 0 fully saturated rings. The van der Waals surface area contributed by atoms with E-state index in [1.165, 1.54) is 0 Å². The van der Waals surface area contributed by atoms with Crippen LogP contribution in [0.1, 0.15) is 33.3 Å². The molecule has 0 unspecified atom stereocenters. The number of carbonyl (C=O) groups excluding carboxylic acids is 1. The molecule has 1 rings (SSSR count). The fourth-order valence-electron chi connectivity index (χ4n) is 1.69. The van der Waals surface area contributed by atoms with Crippen molar-refractivity contribution in [2.75, 3.05) is 13.7 Å². The van der Waals surface area contributed by atoms with Crippen LogP contribution in [-0.4, -0.2) is 31.8 Å². The van der Waals surface area contributed by atoms with Crippen LogP contribution in [0.25, 0.3) is 0 Å². The minimum Gasteiger partial charge on any atom is -0.497 e. The van der Waals surface area contributed by atoms with Gasteiger partial charge in [-0.2, -0.15) is 0 Å². The lowest BCUT2D eigenvalue weighted by atomic mass is 10.2. The summed E-state index contributed by atoms with van der Waals surface area (Å²) >= 11 is 0. The van der Waals surface area contributed by atoms with E-state index in [1.807, 2.05) is 12.1 Å². The summed E-state index contributed by atoms with van der Waals surface area (Å²) in [6.45, 7) is 8.31. The van der Waals surface area contributed by atoms with Crippen LogP contribution in [0.2, 0.25) is 0 Å². The first-order valence-corrected chi connectivity index (χ1v) is 7.15. The van der Waals surface area contributed by atoms with Gasteiger partial charge in [0.1, 0.15) is 11.5 Å². The van der Waals surface area contributed by atoms with Crippen molar-refractivity contribution < 1.29 is 19.0 Å². The third-order valence-corrected chi connectivity index (χ3v) is 2.69. The quantitative estimate of drug-likeness (QED) is 0.747. The molecule has 1 N–H and O–H groups in total. The van der Waals surface area contributed by atoms with E-state index >= 15 is 0 Å². The Morgan fingerprint density at radius 3 is 2.52 bits per heavy atom. The van der Waals surface area contributed by atoms with E-state index in [2.05, 4.69) is 19.2 Å². The SMILES string of the molecule is COc1ccc(CNC(C)C)c(OCC(=O)OC(C)C)c1. The zero-order valence-electron chi connectivity index (χ0n) is 13.4. The highest BCUT2D eigenvalue weighted by molar-refractivity contribution is 5.71. The molecular weight excluding hydrogens is 270 g/mol. The smallest absolute Gasteiger partial charge is 0.344 e. The lowest BCUT2D eigenvalue weighted by Gasteiger charge is -2.15. The van der Waals surface area contributed by atoms with Gasteiger partial charge in [-0.15, -0.1) is 0 Å². The van der Waals surface area contributed by atoms with Gasteiger partial charge in [-0.25, -0.2) is 4.79 Å². The van der Waals surface area contributed by atoms with Crippen LogP contribution in [0.5, 0.6) is 11.5 Å². The topological polar surface area (TPSA) is 56.8 Å². The normalized spacial score (nSPS) is 10.8. The summed E-state index contributed by atoms with van der Waals surface area (Å²) in [6, 6.07) is 5.94. The van der Waals surface area contributed by atoms with Crippen molar-refractivity contribution in [3.8, 4) is 11.5 Å². The second kappa shape index (κ2) is 8.52. The van der Waals surface area contributed by atoms with Crippen molar-refractivity contribution in [3.63, 3.8) is 0 Å². The maximum absolute atomic E-state index is 11.6. The highest BCUT2D eigenvalue weighted by Gasteiger charge is 2.11. The Bertz CT molecular complexity index is 458. The summed E-state index contributed by atoms with van der Waals surface area (Å²) in [7, 11) is 1.60. The van der Waals surface area contributed by atoms with Crippen LogP contribution < -0.4 is 14.8 Å². The van der Waals surface area contributed by atoms with Gasteiger partial charge in [0.2, 0.25) is 0 Å². The van der Waals surface area contributed by atoms with Crippen LogP contribution in [-0.2, 0) is 16.1 Å². The summed E-state index contributed by atoms with van der Waals surface area (Å²) < 4.78 is 15.8. The van der Waals surface area contributed by atoms with E-state index in [1.54, 1.807) is 27.0 Å². The number of nitrogens with one attached hydrogen (secondary N) is 1. The predicted octanol–water partition coefficient (Wildman–Crippen LogP) is 2.52. The fraction of sp³-hybridized carbons (Fsp3) is 0.562. The predicted molar refractivity (Wildman–Crippen MR) is 81.7 cm³/mol. The molecule has 0 aliphatic heterocycles. The van der Waals surface area contributed by atoms with Crippen molar-refractivity contribution in [2.45, 2.75) is 46.4 Å². The van der Waals surface area contributed by atoms with Gasteiger partial charge in [-0.1, -0.05) is 19.9 Å². The molecule has 0 bridgehead atoms. The van der Waals surface area contributed by atoms with Gasteiger partial charge >= 0.3 is 5.97 Å². The number of benzene rings is 1. The summed E-state index contributed by atoms with van der Waals surface area (Å²) in [4.78, 5) is 11.6. The van der Waals surface area contributed by atoms with Crippen LogP contribution in [0, 0.1) is 0 Å². The second-order valence-electron chi connectivity index (χ2n) is 5.34. The van der Waals surface area contributed by atoms with E-state index in [-0.39, 0.29) is 18.7 Å². The van der Waals surface area contributed by atoms with Crippen LogP contribution in [0.3, 0.4) is 0 Å². The largest absolute Gasteiger partial charge is 0.497 e. The molecule has 0 aliphatic carbocycles. The van der Waals surface area contributed by atoms with Gasteiger partial charge < -0.3 is 19.5 Å². The third-order valence-electron chi connectivity index (χ3n) is 2.69. The molecule has 1 aromatic carbocycles. The molecule has 0 atom stereocenters. The van der Waals surface area contributed by atoms with E-state index in [9.17, 15) is 4.79 Å². The van der Waals surface area contributed by atoms with Gasteiger partial charge in [0, 0.05) is 24.2 Å². The number of ether oxygens (including phenoxy) is 3. The zero-order chi connectivity index (χ0) is 15.8. The Morgan fingerprint density at radius 1 is 1.24 bits per heavy atom. The maximum atomic E-state index is 11.6. The van der Waals surface area contributed by atoms with Gasteiger partial charge in [-0.05, 0) is 19.9 Å². The number of methoxy groups -OCH3 is 1. The van der Waals surface area contributed by atoms with Crippen molar-refractivity contribution in [2.24, 2.45) is 0 Å². The highest BCUT2D eigenvalue weighted by Crippen LogP contribution is 2.25. The van der Waals surface area contributed by atoms with Crippen LogP contribution in [0.4, 0.5) is 0 Å². The van der Waals surface area contributed by atoms with Crippen molar-refractivity contribution in [3.05, 3.63) is 23.8 Å². The number of rotatable bonds is 8. The van der Waals surface area contributed by atoms with E-state index in [0.717, 1.165) is 5.56 Å². The molecule has 0 saturated carbocycles. The lowest BCUT2D eigenvalue weighted by molar-refractivity contribution is -0.149. The molecule has 0 radical (unpaired) electrons. The monoisotopic (exact) mass is 295 g/mol. The molecule has 0 spiro atoms. The Hall–Kier alpha value is -1.75. The molecule has 0 aromatic heterocycles. The molecule has 0 saturated heterocycles. The van der Waals surface area contributed by atoms with E-state index in [0.29, 0.717) is 24.1 Å². The molecule has 0 amide bonds. The first kappa shape index (κ1) is 17.3. The molecule has 118 valence electrons. The molecule has 0 aliphatic rings. The van der Waals surface area contributed by atoms with Crippen LogP contribution in [0.15, 0.2) is 18.2 Å². The Morgan fingerprint density at radius 2 is 1.95 bits per heavy atom. The minimum absolute atomic E-state index is 0.111. The highest BCUT2D eigenvalue weighted by atomic mass is 16.6. The third kappa shape index (κ3) is 6.49. The second-order valence-corrected chi connectivity index (χ2v) is 5.34. The molecule has 5 heteroatoms. The van der Waals surface area contributed by atoms with Gasteiger partial charge in [-0.3, -0.25) is 0 Å². The van der Waals surface area contributed by atoms with Crippen molar-refractivity contribution in [1.82, 2.24) is 5.32 Å². The Balaban J connectivity index is 2.73. The minimum atomic E-state index is -0.379. The number of hydrogen-bond acceptors (Lipinski definition) is 5. The van der Waals surface area contributed by atoms with Gasteiger partial charge in [0.25, 0.3) is 0 Å². The number of hydrogen-bond donors (Lipinski definition) is 1. The Kier molecular flexibility index (Phi) is 7.02. The first-order chi connectivity index (χ1) is 9.92. The van der Waals surface area contributed by atoms with E-state index in [4.69, 9.17) is 14.2 Å². The average molecular weight is 295 g/mol. The van der Waals surface area contributed by atoms with Gasteiger partial charge in [0.05, 0.1) is 13.2 Å². The average Bonchev–Trinajstić information content (AvgIpc) is 2.42. The lowest BCUT2D eigenvalue weighted by Crippen LogP contribution is -2.23. The maximum Gasteiger partial charge on any atom is 0.344 e. The summed E-state index contributed by atoms with van der Waals surface area (Å²) in [5.41, 5.74) is 0.974.